The molecule has 2 aromatic carbocycles. The van der Waals surface area contributed by atoms with E-state index in [4.69, 9.17) is 29.4 Å². The zero-order chi connectivity index (χ0) is 22.5. The van der Waals surface area contributed by atoms with Crippen molar-refractivity contribution in [3.05, 3.63) is 71.8 Å². The lowest BCUT2D eigenvalue weighted by molar-refractivity contribution is -0.159. The molecule has 3 rings (SSSR count). The van der Waals surface area contributed by atoms with Crippen molar-refractivity contribution in [1.29, 1.82) is 0 Å². The van der Waals surface area contributed by atoms with Gasteiger partial charge in [-0.2, -0.15) is 0 Å². The number of benzene rings is 2. The third-order valence-electron chi connectivity index (χ3n) is 4.68. The highest BCUT2D eigenvalue weighted by atomic mass is 16.7. The van der Waals surface area contributed by atoms with Crippen LogP contribution in [0, 0.1) is 0 Å². The summed E-state index contributed by atoms with van der Waals surface area (Å²) in [7, 11) is 0. The monoisotopic (exact) mass is 430 g/mol. The van der Waals surface area contributed by atoms with Gasteiger partial charge < -0.3 is 14.9 Å². The number of rotatable bonds is 8. The highest BCUT2D eigenvalue weighted by Crippen LogP contribution is 2.30. The Hall–Kier alpha value is -3.27. The summed E-state index contributed by atoms with van der Waals surface area (Å²) in [6.07, 6.45) is 2.81. The number of hydrogen-bond acceptors (Lipinski definition) is 7. The first kappa shape index (κ1) is 24.0. The van der Waals surface area contributed by atoms with E-state index in [9.17, 15) is 4.79 Å². The standard InChI is InChI=1S/C20H24N2O3.C2H2O4/c23-16-24-20(18-11-5-2-6-12-18)19-13-7-8-14-22(19)21-25-15-17-9-3-1-4-10-17;3-1(4)2(5)6/h1-6,9-12,16,19-21H,7-8,13-15H2;(H,3,4)(H,5,6). The van der Waals surface area contributed by atoms with E-state index in [1.165, 1.54) is 0 Å². The van der Waals surface area contributed by atoms with Gasteiger partial charge in [-0.25, -0.2) is 14.6 Å². The van der Waals surface area contributed by atoms with Gasteiger partial charge in [-0.15, -0.1) is 5.59 Å². The summed E-state index contributed by atoms with van der Waals surface area (Å²) in [4.78, 5) is 34.9. The molecule has 0 aromatic heterocycles. The second kappa shape index (κ2) is 13.1. The third-order valence-corrected chi connectivity index (χ3v) is 4.68. The van der Waals surface area contributed by atoms with E-state index >= 15 is 0 Å². The molecule has 1 heterocycles. The molecule has 31 heavy (non-hydrogen) atoms. The highest BCUT2D eigenvalue weighted by Gasteiger charge is 2.32. The van der Waals surface area contributed by atoms with Crippen LogP contribution in [0.15, 0.2) is 60.7 Å². The fourth-order valence-electron chi connectivity index (χ4n) is 3.25. The molecule has 1 saturated heterocycles. The Balaban J connectivity index is 0.000000501. The van der Waals surface area contributed by atoms with E-state index in [-0.39, 0.29) is 12.1 Å². The molecule has 1 fully saturated rings. The zero-order valence-electron chi connectivity index (χ0n) is 16.9. The number of carbonyl (C=O) groups is 3. The lowest BCUT2D eigenvalue weighted by atomic mass is 9.94. The Kier molecular flexibility index (Phi) is 10.2. The molecule has 0 saturated carbocycles. The molecule has 0 radical (unpaired) electrons. The molecule has 0 amide bonds. The Morgan fingerprint density at radius 2 is 1.65 bits per heavy atom. The van der Waals surface area contributed by atoms with E-state index in [0.717, 1.165) is 36.9 Å². The number of carboxylic acids is 2. The lowest BCUT2D eigenvalue weighted by Crippen LogP contribution is -2.51. The molecule has 2 aromatic rings. The van der Waals surface area contributed by atoms with E-state index in [0.29, 0.717) is 13.1 Å². The van der Waals surface area contributed by atoms with E-state index in [1.54, 1.807) is 0 Å². The summed E-state index contributed by atoms with van der Waals surface area (Å²) < 4.78 is 5.44. The van der Waals surface area contributed by atoms with Gasteiger partial charge in [-0.05, 0) is 24.0 Å². The molecule has 3 N–H and O–H groups in total. The van der Waals surface area contributed by atoms with Crippen LogP contribution >= 0.6 is 0 Å². The number of carbonyl (C=O) groups excluding carboxylic acids is 1. The van der Waals surface area contributed by atoms with E-state index in [2.05, 4.69) is 5.59 Å². The number of carboxylic acid groups (broad SMARTS) is 2. The van der Waals surface area contributed by atoms with Gasteiger partial charge in [0.15, 0.2) is 0 Å². The first-order chi connectivity index (χ1) is 15.0. The number of nitrogens with one attached hydrogen (secondary N) is 1. The molecule has 0 aliphatic carbocycles. The molecule has 9 nitrogen and oxygen atoms in total. The van der Waals surface area contributed by atoms with Gasteiger partial charge in [0.1, 0.15) is 6.10 Å². The van der Waals surface area contributed by atoms with Crippen molar-refractivity contribution >= 4 is 18.4 Å². The maximum absolute atomic E-state index is 11.0. The Morgan fingerprint density at radius 3 is 2.23 bits per heavy atom. The van der Waals surface area contributed by atoms with Crippen LogP contribution in [0.4, 0.5) is 0 Å². The molecule has 0 spiro atoms. The van der Waals surface area contributed by atoms with Crippen LogP contribution in [-0.2, 0) is 30.6 Å². The highest BCUT2D eigenvalue weighted by molar-refractivity contribution is 6.27. The van der Waals surface area contributed by atoms with Crippen LogP contribution in [-0.4, -0.2) is 46.2 Å². The zero-order valence-corrected chi connectivity index (χ0v) is 16.9. The van der Waals surface area contributed by atoms with Crippen molar-refractivity contribution in [1.82, 2.24) is 10.6 Å². The van der Waals surface area contributed by atoms with Crippen LogP contribution in [0.3, 0.4) is 0 Å². The number of hydrazine groups is 1. The van der Waals surface area contributed by atoms with Crippen LogP contribution in [0.1, 0.15) is 36.5 Å². The fourth-order valence-corrected chi connectivity index (χ4v) is 3.25. The minimum absolute atomic E-state index is 0.0390. The molecule has 1 aliphatic heterocycles. The quantitative estimate of drug-likeness (QED) is 0.329. The van der Waals surface area contributed by atoms with Crippen LogP contribution < -0.4 is 5.59 Å². The molecular weight excluding hydrogens is 404 g/mol. The SMILES string of the molecule is O=C(O)C(=O)O.O=COC(c1ccccc1)C1CCCCN1NOCc1ccccc1. The summed E-state index contributed by atoms with van der Waals surface area (Å²) in [5, 5.41) is 16.8. The second-order valence-corrected chi connectivity index (χ2v) is 6.80. The maximum atomic E-state index is 11.0. The van der Waals surface area contributed by atoms with Crippen LogP contribution in [0.25, 0.3) is 0 Å². The lowest BCUT2D eigenvalue weighted by Gasteiger charge is -2.38. The van der Waals surface area contributed by atoms with Crippen molar-refractivity contribution in [2.75, 3.05) is 6.54 Å². The van der Waals surface area contributed by atoms with Crippen molar-refractivity contribution in [2.45, 2.75) is 38.0 Å². The first-order valence-electron chi connectivity index (χ1n) is 9.81. The molecule has 0 bridgehead atoms. The van der Waals surface area contributed by atoms with Gasteiger partial charge in [0.25, 0.3) is 6.47 Å². The van der Waals surface area contributed by atoms with Gasteiger partial charge in [-0.3, -0.25) is 9.63 Å². The van der Waals surface area contributed by atoms with Crippen molar-refractivity contribution in [3.8, 4) is 0 Å². The summed E-state index contributed by atoms with van der Waals surface area (Å²) in [6.45, 7) is 1.87. The fraction of sp³-hybridized carbons (Fsp3) is 0.318. The van der Waals surface area contributed by atoms with Gasteiger partial charge in [0, 0.05) is 6.54 Å². The van der Waals surface area contributed by atoms with Gasteiger partial charge >= 0.3 is 11.9 Å². The Morgan fingerprint density at radius 1 is 1.03 bits per heavy atom. The number of aliphatic carboxylic acids is 2. The van der Waals surface area contributed by atoms with Crippen molar-refractivity contribution in [3.63, 3.8) is 0 Å². The summed E-state index contributed by atoms with van der Waals surface area (Å²) >= 11 is 0. The molecular formula is C22H26N2O7. The third kappa shape index (κ3) is 8.17. The summed E-state index contributed by atoms with van der Waals surface area (Å²) in [5.41, 5.74) is 5.17. The maximum Gasteiger partial charge on any atom is 0.414 e. The second-order valence-electron chi connectivity index (χ2n) is 6.80. The largest absolute Gasteiger partial charge is 0.473 e. The summed E-state index contributed by atoms with van der Waals surface area (Å²) in [6, 6.07) is 19.9. The molecule has 2 atom stereocenters. The number of nitrogens with zero attached hydrogens (tertiary/aromatic N) is 1. The predicted octanol–water partition coefficient (Wildman–Crippen LogP) is 2.55. The van der Waals surface area contributed by atoms with Crippen LogP contribution in [0.5, 0.6) is 0 Å². The minimum Gasteiger partial charge on any atom is -0.473 e. The topological polar surface area (TPSA) is 125 Å². The van der Waals surface area contributed by atoms with Gasteiger partial charge in [0.05, 0.1) is 12.6 Å². The number of ether oxygens (including phenoxy) is 1. The number of piperidine rings is 1. The van der Waals surface area contributed by atoms with E-state index < -0.39 is 11.9 Å². The van der Waals surface area contributed by atoms with Gasteiger partial charge in [0.2, 0.25) is 0 Å². The average Bonchev–Trinajstić information content (AvgIpc) is 2.80. The Bertz CT molecular complexity index is 805. The van der Waals surface area contributed by atoms with E-state index in [1.807, 2.05) is 65.7 Å². The van der Waals surface area contributed by atoms with Crippen LogP contribution in [0.2, 0.25) is 0 Å². The summed E-state index contributed by atoms with van der Waals surface area (Å²) in [5.74, 6) is -3.65. The predicted molar refractivity (Wildman–Crippen MR) is 110 cm³/mol. The normalized spacial score (nSPS) is 17.0. The number of hydrogen-bond donors (Lipinski definition) is 3. The Labute approximate surface area is 180 Å². The van der Waals surface area contributed by atoms with Crippen molar-refractivity contribution < 1.29 is 34.2 Å². The average molecular weight is 430 g/mol. The molecule has 2 unspecified atom stereocenters. The van der Waals surface area contributed by atoms with Gasteiger partial charge in [-0.1, -0.05) is 67.1 Å². The smallest absolute Gasteiger partial charge is 0.414 e. The first-order valence-corrected chi connectivity index (χ1v) is 9.81. The van der Waals surface area contributed by atoms with Crippen molar-refractivity contribution in [2.24, 2.45) is 0 Å². The minimum atomic E-state index is -1.82. The molecule has 166 valence electrons. The molecule has 1 aliphatic rings. The molecule has 9 heteroatoms.